The number of carbonyl (C=O) groups excluding carboxylic acids is 1. The summed E-state index contributed by atoms with van der Waals surface area (Å²) in [6, 6.07) is 12.5. The van der Waals surface area contributed by atoms with Crippen LogP contribution in [-0.2, 0) is 26.1 Å². The summed E-state index contributed by atoms with van der Waals surface area (Å²) in [6.45, 7) is 4.67. The van der Waals surface area contributed by atoms with Crippen molar-refractivity contribution >= 4 is 21.6 Å². The maximum absolute atomic E-state index is 13.8. The highest BCUT2D eigenvalue weighted by molar-refractivity contribution is 7.89. The van der Waals surface area contributed by atoms with E-state index in [1.807, 2.05) is 13.8 Å². The van der Waals surface area contributed by atoms with Crippen molar-refractivity contribution in [3.05, 3.63) is 59.9 Å². The van der Waals surface area contributed by atoms with Crippen molar-refractivity contribution in [3.63, 3.8) is 0 Å². The smallest absolute Gasteiger partial charge is 0.243 e. The molecule has 9 heteroatoms. The third-order valence-electron chi connectivity index (χ3n) is 4.97. The average molecular weight is 450 g/mol. The molecule has 3 rings (SSSR count). The van der Waals surface area contributed by atoms with E-state index in [9.17, 15) is 17.6 Å². The first-order valence-corrected chi connectivity index (χ1v) is 11.6. The number of anilines is 1. The molecule has 0 bridgehead atoms. The molecule has 2 aromatic carbocycles. The topological polar surface area (TPSA) is 79.0 Å². The lowest BCUT2D eigenvalue weighted by atomic mass is 10.2. The Kier molecular flexibility index (Phi) is 7.42. The molecule has 0 spiro atoms. The van der Waals surface area contributed by atoms with Crippen LogP contribution in [0, 0.1) is 5.82 Å². The standard InChI is InChI=1S/C22H28FN3O4S/c1-16-12-26(13-17(2)30-16)31(28,29)20-10-8-19(9-11-20)24-22(27)15-25(3)14-18-6-4-5-7-21(18)23/h4-11,16-17H,12-15H2,1-3H3,(H,24,27). The van der Waals surface area contributed by atoms with Crippen LogP contribution in [0.3, 0.4) is 0 Å². The molecule has 168 valence electrons. The minimum absolute atomic E-state index is 0.0674. The fourth-order valence-corrected chi connectivity index (χ4v) is 5.20. The van der Waals surface area contributed by atoms with Crippen LogP contribution in [0.4, 0.5) is 10.1 Å². The largest absolute Gasteiger partial charge is 0.373 e. The number of rotatable bonds is 7. The summed E-state index contributed by atoms with van der Waals surface area (Å²) in [4.78, 5) is 14.2. The second kappa shape index (κ2) is 9.86. The first kappa shape index (κ1) is 23.3. The van der Waals surface area contributed by atoms with E-state index in [-0.39, 0.29) is 35.4 Å². The van der Waals surface area contributed by atoms with Gasteiger partial charge in [-0.1, -0.05) is 18.2 Å². The highest BCUT2D eigenvalue weighted by Crippen LogP contribution is 2.22. The SMILES string of the molecule is CC1CN(S(=O)(=O)c2ccc(NC(=O)CN(C)Cc3ccccc3F)cc2)CC(C)O1. The Morgan fingerprint density at radius 1 is 1.13 bits per heavy atom. The fraction of sp³-hybridized carbons (Fsp3) is 0.409. The van der Waals surface area contributed by atoms with E-state index in [2.05, 4.69) is 5.32 Å². The van der Waals surface area contributed by atoms with Crippen molar-refractivity contribution in [2.75, 3.05) is 32.0 Å². The van der Waals surface area contributed by atoms with E-state index >= 15 is 0 Å². The average Bonchev–Trinajstić information content (AvgIpc) is 2.69. The quantitative estimate of drug-likeness (QED) is 0.703. The van der Waals surface area contributed by atoms with Crippen LogP contribution >= 0.6 is 0 Å². The summed E-state index contributed by atoms with van der Waals surface area (Å²) >= 11 is 0. The van der Waals surface area contributed by atoms with Gasteiger partial charge in [-0.2, -0.15) is 4.31 Å². The van der Waals surface area contributed by atoms with Gasteiger partial charge in [-0.3, -0.25) is 9.69 Å². The molecular formula is C22H28FN3O4S. The molecule has 31 heavy (non-hydrogen) atoms. The van der Waals surface area contributed by atoms with Crippen LogP contribution in [0.1, 0.15) is 19.4 Å². The van der Waals surface area contributed by atoms with Gasteiger partial charge in [0, 0.05) is 30.9 Å². The number of benzene rings is 2. The molecule has 2 unspecified atom stereocenters. The Labute approximate surface area is 182 Å². The molecule has 0 aromatic heterocycles. The van der Waals surface area contributed by atoms with Crippen molar-refractivity contribution in [2.45, 2.75) is 37.5 Å². The van der Waals surface area contributed by atoms with E-state index in [1.165, 1.54) is 22.5 Å². The number of morpholine rings is 1. The van der Waals surface area contributed by atoms with Crippen molar-refractivity contribution in [3.8, 4) is 0 Å². The van der Waals surface area contributed by atoms with E-state index in [0.717, 1.165) is 0 Å². The van der Waals surface area contributed by atoms with Gasteiger partial charge in [0.2, 0.25) is 15.9 Å². The van der Waals surface area contributed by atoms with Crippen LogP contribution in [0.2, 0.25) is 0 Å². The molecule has 1 N–H and O–H groups in total. The number of hydrogen-bond acceptors (Lipinski definition) is 5. The monoisotopic (exact) mass is 449 g/mol. The van der Waals surface area contributed by atoms with Crippen LogP contribution in [0.15, 0.2) is 53.4 Å². The van der Waals surface area contributed by atoms with Gasteiger partial charge < -0.3 is 10.1 Å². The van der Waals surface area contributed by atoms with Crippen LogP contribution in [-0.4, -0.2) is 62.4 Å². The number of nitrogens with one attached hydrogen (secondary N) is 1. The zero-order valence-corrected chi connectivity index (χ0v) is 18.7. The van der Waals surface area contributed by atoms with Crippen LogP contribution in [0.5, 0.6) is 0 Å². The minimum Gasteiger partial charge on any atom is -0.373 e. The maximum Gasteiger partial charge on any atom is 0.243 e. The van der Waals surface area contributed by atoms with Crippen LogP contribution in [0.25, 0.3) is 0 Å². The molecule has 1 amide bonds. The Bertz CT molecular complexity index is 1000. The molecule has 1 heterocycles. The van der Waals surface area contributed by atoms with Gasteiger partial charge in [-0.15, -0.1) is 0 Å². The summed E-state index contributed by atoms with van der Waals surface area (Å²) in [6.07, 6.45) is -0.336. The Balaban J connectivity index is 1.58. The van der Waals surface area contributed by atoms with Crippen molar-refractivity contribution in [2.24, 2.45) is 0 Å². The molecular weight excluding hydrogens is 421 g/mol. The highest BCUT2D eigenvalue weighted by Gasteiger charge is 2.32. The number of sulfonamides is 1. The van der Waals surface area contributed by atoms with Gasteiger partial charge in [0.25, 0.3) is 0 Å². The Morgan fingerprint density at radius 2 is 1.74 bits per heavy atom. The number of nitrogens with zero attached hydrogens (tertiary/aromatic N) is 2. The summed E-state index contributed by atoms with van der Waals surface area (Å²) in [7, 11) is -1.91. The summed E-state index contributed by atoms with van der Waals surface area (Å²) in [5.74, 6) is -0.583. The van der Waals surface area contributed by atoms with Crippen molar-refractivity contribution in [1.82, 2.24) is 9.21 Å². The third kappa shape index (κ3) is 6.10. The zero-order chi connectivity index (χ0) is 22.6. The minimum atomic E-state index is -3.63. The second-order valence-corrected chi connectivity index (χ2v) is 9.85. The second-order valence-electron chi connectivity index (χ2n) is 7.92. The van der Waals surface area contributed by atoms with E-state index in [1.54, 1.807) is 42.3 Å². The van der Waals surface area contributed by atoms with Gasteiger partial charge in [0.1, 0.15) is 5.82 Å². The number of likely N-dealkylation sites (N-methyl/N-ethyl adjacent to an activating group) is 1. The number of amides is 1. The lowest BCUT2D eigenvalue weighted by Crippen LogP contribution is -2.48. The van der Waals surface area contributed by atoms with E-state index < -0.39 is 10.0 Å². The van der Waals surface area contributed by atoms with Gasteiger partial charge in [0.05, 0.1) is 23.6 Å². The molecule has 1 aliphatic heterocycles. The van der Waals surface area contributed by atoms with Crippen molar-refractivity contribution in [1.29, 1.82) is 0 Å². The Hall–Kier alpha value is -2.33. The lowest BCUT2D eigenvalue weighted by Gasteiger charge is -2.34. The number of carbonyl (C=O) groups is 1. The van der Waals surface area contributed by atoms with Gasteiger partial charge in [-0.05, 0) is 51.2 Å². The van der Waals surface area contributed by atoms with Gasteiger partial charge in [0.15, 0.2) is 0 Å². The first-order chi connectivity index (χ1) is 14.6. The fourth-order valence-electron chi connectivity index (χ4n) is 3.61. The van der Waals surface area contributed by atoms with Gasteiger partial charge in [-0.25, -0.2) is 12.8 Å². The van der Waals surface area contributed by atoms with E-state index in [4.69, 9.17) is 4.74 Å². The summed E-state index contributed by atoms with van der Waals surface area (Å²) in [5, 5.41) is 2.74. The van der Waals surface area contributed by atoms with Gasteiger partial charge >= 0.3 is 0 Å². The highest BCUT2D eigenvalue weighted by atomic mass is 32.2. The summed E-state index contributed by atoms with van der Waals surface area (Å²) in [5.41, 5.74) is 1.01. The first-order valence-electron chi connectivity index (χ1n) is 10.1. The molecule has 2 atom stereocenters. The van der Waals surface area contributed by atoms with E-state index in [0.29, 0.717) is 30.9 Å². The molecule has 7 nitrogen and oxygen atoms in total. The number of halogens is 1. The molecule has 2 aromatic rings. The Morgan fingerprint density at radius 3 is 2.35 bits per heavy atom. The van der Waals surface area contributed by atoms with Crippen molar-refractivity contribution < 1.29 is 22.3 Å². The lowest BCUT2D eigenvalue weighted by molar-refractivity contribution is -0.117. The number of hydrogen-bond donors (Lipinski definition) is 1. The third-order valence-corrected chi connectivity index (χ3v) is 6.82. The number of ether oxygens (including phenoxy) is 1. The van der Waals surface area contributed by atoms with Crippen LogP contribution < -0.4 is 5.32 Å². The molecule has 1 saturated heterocycles. The molecule has 0 aliphatic carbocycles. The normalized spacial score (nSPS) is 20.0. The molecule has 0 radical (unpaired) electrons. The molecule has 0 saturated carbocycles. The predicted octanol–water partition coefficient (Wildman–Crippen LogP) is 2.69. The molecule has 1 fully saturated rings. The maximum atomic E-state index is 13.8. The zero-order valence-electron chi connectivity index (χ0n) is 17.9. The molecule has 1 aliphatic rings. The predicted molar refractivity (Wildman–Crippen MR) is 117 cm³/mol. The summed E-state index contributed by atoms with van der Waals surface area (Å²) < 4.78 is 46.6.